The molecule has 2 heterocycles. The van der Waals surface area contributed by atoms with Crippen LogP contribution in [-0.2, 0) is 17.9 Å². The molecule has 0 saturated carbocycles. The van der Waals surface area contributed by atoms with Crippen LogP contribution in [0.5, 0.6) is 0 Å². The summed E-state index contributed by atoms with van der Waals surface area (Å²) in [4.78, 5) is 18.6. The molecule has 0 aliphatic rings. The maximum atomic E-state index is 13.9. The SMILES string of the molecule is NC(=O)Cn1cc(Nc2ncc(F)c(NCc3c(F)cccc3F)n2)cn1. The molecule has 0 bridgehead atoms. The molecule has 140 valence electrons. The molecule has 2 aromatic heterocycles. The highest BCUT2D eigenvalue weighted by atomic mass is 19.1. The number of carbonyl (C=O) groups is 1. The number of carbonyl (C=O) groups excluding carboxylic acids is 1. The van der Waals surface area contributed by atoms with E-state index in [4.69, 9.17) is 5.73 Å². The molecule has 0 fully saturated rings. The molecule has 0 spiro atoms. The fraction of sp³-hybridized carbons (Fsp3) is 0.125. The number of rotatable bonds is 7. The predicted octanol–water partition coefficient (Wildman–Crippen LogP) is 1.93. The lowest BCUT2D eigenvalue weighted by atomic mass is 10.2. The highest BCUT2D eigenvalue weighted by molar-refractivity contribution is 5.73. The smallest absolute Gasteiger partial charge is 0.239 e. The third kappa shape index (κ3) is 4.51. The van der Waals surface area contributed by atoms with E-state index < -0.39 is 23.4 Å². The molecule has 1 aromatic carbocycles. The van der Waals surface area contributed by atoms with Gasteiger partial charge in [0.2, 0.25) is 11.9 Å². The first-order chi connectivity index (χ1) is 12.9. The maximum absolute atomic E-state index is 13.9. The van der Waals surface area contributed by atoms with Crippen molar-refractivity contribution in [2.75, 3.05) is 10.6 Å². The highest BCUT2D eigenvalue weighted by Gasteiger charge is 2.12. The number of nitrogens with two attached hydrogens (primary N) is 1. The standard InChI is InChI=1S/C16H14F3N7O/c17-11-2-1-3-12(18)10(11)5-21-15-13(19)6-22-16(25-15)24-9-4-23-26(7-9)8-14(20)27/h1-4,6-7H,5,8H2,(H2,20,27)(H2,21,22,24,25). The van der Waals surface area contributed by atoms with Crippen LogP contribution in [0.15, 0.2) is 36.8 Å². The fourth-order valence-corrected chi connectivity index (χ4v) is 2.23. The van der Waals surface area contributed by atoms with Crippen molar-refractivity contribution in [3.8, 4) is 0 Å². The van der Waals surface area contributed by atoms with Crippen LogP contribution in [0.4, 0.5) is 30.6 Å². The third-order valence-corrected chi connectivity index (χ3v) is 3.45. The molecule has 0 aliphatic carbocycles. The zero-order chi connectivity index (χ0) is 19.4. The summed E-state index contributed by atoms with van der Waals surface area (Å²) in [6.45, 7) is -0.407. The van der Waals surface area contributed by atoms with Crippen molar-refractivity contribution in [2.24, 2.45) is 5.73 Å². The number of hydrogen-bond acceptors (Lipinski definition) is 6. The first-order valence-corrected chi connectivity index (χ1v) is 7.69. The van der Waals surface area contributed by atoms with Crippen LogP contribution < -0.4 is 16.4 Å². The van der Waals surface area contributed by atoms with Crippen LogP contribution >= 0.6 is 0 Å². The number of benzene rings is 1. The molecular weight excluding hydrogens is 363 g/mol. The average molecular weight is 377 g/mol. The van der Waals surface area contributed by atoms with Crippen LogP contribution in [0.2, 0.25) is 0 Å². The average Bonchev–Trinajstić information content (AvgIpc) is 3.03. The first kappa shape index (κ1) is 18.2. The van der Waals surface area contributed by atoms with E-state index in [1.165, 1.54) is 23.1 Å². The minimum absolute atomic E-state index is 0.0199. The van der Waals surface area contributed by atoms with E-state index >= 15 is 0 Å². The number of primary amides is 1. The lowest BCUT2D eigenvalue weighted by Crippen LogP contribution is -2.18. The van der Waals surface area contributed by atoms with Crippen LogP contribution in [0.1, 0.15) is 5.56 Å². The molecule has 0 radical (unpaired) electrons. The van der Waals surface area contributed by atoms with Gasteiger partial charge in [-0.25, -0.2) is 18.2 Å². The Bertz CT molecular complexity index is 956. The van der Waals surface area contributed by atoms with Gasteiger partial charge >= 0.3 is 0 Å². The lowest BCUT2D eigenvalue weighted by Gasteiger charge is -2.10. The number of aromatic nitrogens is 4. The van der Waals surface area contributed by atoms with Gasteiger partial charge < -0.3 is 16.4 Å². The Morgan fingerprint density at radius 1 is 1.15 bits per heavy atom. The molecule has 0 saturated heterocycles. The molecule has 0 atom stereocenters. The number of halogens is 3. The van der Waals surface area contributed by atoms with Gasteiger partial charge in [0, 0.05) is 18.3 Å². The number of anilines is 3. The largest absolute Gasteiger partial charge is 0.368 e. The van der Waals surface area contributed by atoms with Gasteiger partial charge in [-0.15, -0.1) is 0 Å². The van der Waals surface area contributed by atoms with E-state index in [2.05, 4.69) is 25.7 Å². The van der Waals surface area contributed by atoms with E-state index in [9.17, 15) is 18.0 Å². The normalized spacial score (nSPS) is 10.6. The van der Waals surface area contributed by atoms with Crippen molar-refractivity contribution < 1.29 is 18.0 Å². The summed E-state index contributed by atoms with van der Waals surface area (Å²) < 4.78 is 42.5. The topological polar surface area (TPSA) is 111 Å². The monoisotopic (exact) mass is 377 g/mol. The van der Waals surface area contributed by atoms with Crippen molar-refractivity contribution in [1.29, 1.82) is 0 Å². The molecule has 4 N–H and O–H groups in total. The summed E-state index contributed by atoms with van der Waals surface area (Å²) in [6.07, 6.45) is 3.79. The first-order valence-electron chi connectivity index (χ1n) is 7.69. The second-order valence-corrected chi connectivity index (χ2v) is 5.46. The zero-order valence-electron chi connectivity index (χ0n) is 13.8. The Hall–Kier alpha value is -3.63. The van der Waals surface area contributed by atoms with Crippen molar-refractivity contribution >= 4 is 23.4 Å². The van der Waals surface area contributed by atoms with Crippen LogP contribution in [-0.4, -0.2) is 25.7 Å². The third-order valence-electron chi connectivity index (χ3n) is 3.45. The molecule has 11 heteroatoms. The van der Waals surface area contributed by atoms with Gasteiger partial charge in [-0.1, -0.05) is 6.07 Å². The van der Waals surface area contributed by atoms with Gasteiger partial charge in [0.25, 0.3) is 0 Å². The van der Waals surface area contributed by atoms with Crippen molar-refractivity contribution in [1.82, 2.24) is 19.7 Å². The van der Waals surface area contributed by atoms with Crippen LogP contribution in [0.25, 0.3) is 0 Å². The summed E-state index contributed by atoms with van der Waals surface area (Å²) in [6, 6.07) is 3.44. The Balaban J connectivity index is 1.72. The maximum Gasteiger partial charge on any atom is 0.239 e. The summed E-state index contributed by atoms with van der Waals surface area (Å²) in [5.74, 6) is -3.07. The van der Waals surface area contributed by atoms with Crippen LogP contribution in [0, 0.1) is 17.5 Å². The second kappa shape index (κ2) is 7.72. The molecule has 3 aromatic rings. The minimum Gasteiger partial charge on any atom is -0.368 e. The molecular formula is C16H14F3N7O. The molecule has 1 amide bonds. The molecule has 0 aliphatic heterocycles. The molecule has 8 nitrogen and oxygen atoms in total. The summed E-state index contributed by atoms with van der Waals surface area (Å²) in [5, 5.41) is 9.23. The fourth-order valence-electron chi connectivity index (χ4n) is 2.23. The Labute approximate surface area is 151 Å². The van der Waals surface area contributed by atoms with Crippen molar-refractivity contribution in [3.05, 3.63) is 59.8 Å². The predicted molar refractivity (Wildman–Crippen MR) is 90.4 cm³/mol. The van der Waals surface area contributed by atoms with Crippen molar-refractivity contribution in [3.63, 3.8) is 0 Å². The molecule has 0 unspecified atom stereocenters. The van der Waals surface area contributed by atoms with Gasteiger partial charge in [-0.3, -0.25) is 9.48 Å². The van der Waals surface area contributed by atoms with Gasteiger partial charge in [0.1, 0.15) is 18.2 Å². The number of nitrogens with zero attached hydrogens (tertiary/aromatic N) is 4. The summed E-state index contributed by atoms with van der Waals surface area (Å²) in [5.41, 5.74) is 5.28. The number of nitrogens with one attached hydrogen (secondary N) is 2. The van der Waals surface area contributed by atoms with Gasteiger partial charge in [0.05, 0.1) is 18.1 Å². The number of amides is 1. The van der Waals surface area contributed by atoms with Crippen LogP contribution in [0.3, 0.4) is 0 Å². The summed E-state index contributed by atoms with van der Waals surface area (Å²) in [7, 11) is 0. The lowest BCUT2D eigenvalue weighted by molar-refractivity contribution is -0.118. The Morgan fingerprint density at radius 3 is 2.59 bits per heavy atom. The van der Waals surface area contributed by atoms with E-state index in [1.54, 1.807) is 0 Å². The van der Waals surface area contributed by atoms with Gasteiger partial charge in [-0.2, -0.15) is 10.1 Å². The molecule has 27 heavy (non-hydrogen) atoms. The number of hydrogen-bond donors (Lipinski definition) is 3. The Kier molecular flexibility index (Phi) is 5.20. The second-order valence-electron chi connectivity index (χ2n) is 5.46. The van der Waals surface area contributed by atoms with E-state index in [1.807, 2.05) is 0 Å². The van der Waals surface area contributed by atoms with Gasteiger partial charge in [0.15, 0.2) is 11.6 Å². The van der Waals surface area contributed by atoms with Crippen molar-refractivity contribution in [2.45, 2.75) is 13.1 Å². The zero-order valence-corrected chi connectivity index (χ0v) is 13.8. The van der Waals surface area contributed by atoms with E-state index in [0.29, 0.717) is 5.69 Å². The van der Waals surface area contributed by atoms with E-state index in [0.717, 1.165) is 18.3 Å². The summed E-state index contributed by atoms with van der Waals surface area (Å²) >= 11 is 0. The van der Waals surface area contributed by atoms with E-state index in [-0.39, 0.29) is 30.4 Å². The van der Waals surface area contributed by atoms with Gasteiger partial charge in [-0.05, 0) is 12.1 Å². The Morgan fingerprint density at radius 2 is 1.89 bits per heavy atom. The molecule has 3 rings (SSSR count). The quantitative estimate of drug-likeness (QED) is 0.580. The highest BCUT2D eigenvalue weighted by Crippen LogP contribution is 2.18. The minimum atomic E-state index is -0.790.